The highest BCUT2D eigenvalue weighted by atomic mass is 16.2. The van der Waals surface area contributed by atoms with Gasteiger partial charge < -0.3 is 9.88 Å². The van der Waals surface area contributed by atoms with Crippen molar-refractivity contribution >= 4 is 16.8 Å². The fraction of sp³-hybridized carbons (Fsp3) is 0.182. The second kappa shape index (κ2) is 8.17. The van der Waals surface area contributed by atoms with Gasteiger partial charge in [0.25, 0.3) is 5.91 Å². The molecule has 1 heterocycles. The summed E-state index contributed by atoms with van der Waals surface area (Å²) in [6, 6.07) is 18.2. The van der Waals surface area contributed by atoms with E-state index in [4.69, 9.17) is 0 Å². The van der Waals surface area contributed by atoms with Gasteiger partial charge in [-0.15, -0.1) is 0 Å². The van der Waals surface area contributed by atoms with E-state index in [-0.39, 0.29) is 11.3 Å². The van der Waals surface area contributed by atoms with Crippen molar-refractivity contribution in [2.45, 2.75) is 13.3 Å². The fourth-order valence-corrected chi connectivity index (χ4v) is 2.76. The number of fused-ring (bicyclic) bond motifs is 1. The van der Waals surface area contributed by atoms with E-state index in [1.807, 2.05) is 49.4 Å². The summed E-state index contributed by atoms with van der Waals surface area (Å²) in [6.07, 6.45) is 0.816. The van der Waals surface area contributed by atoms with E-state index in [0.717, 1.165) is 12.0 Å². The van der Waals surface area contributed by atoms with Crippen LogP contribution in [-0.4, -0.2) is 28.9 Å². The highest BCUT2D eigenvalue weighted by Crippen LogP contribution is 2.09. The van der Waals surface area contributed by atoms with E-state index in [2.05, 4.69) is 16.8 Å². The van der Waals surface area contributed by atoms with E-state index in [1.165, 1.54) is 6.07 Å². The molecule has 4 heteroatoms. The Morgan fingerprint density at radius 2 is 1.81 bits per heavy atom. The Balaban J connectivity index is 1.85. The molecule has 0 radical (unpaired) electrons. The molecule has 0 aliphatic rings. The molecule has 0 saturated heterocycles. The van der Waals surface area contributed by atoms with Gasteiger partial charge in [-0.25, -0.2) is 0 Å². The lowest BCUT2D eigenvalue weighted by molar-refractivity contribution is 0.0771. The van der Waals surface area contributed by atoms with Gasteiger partial charge in [0.15, 0.2) is 5.43 Å². The number of pyridine rings is 1. The molecule has 0 bridgehead atoms. The third-order valence-corrected chi connectivity index (χ3v) is 4.02. The number of aromatic amines is 1. The van der Waals surface area contributed by atoms with Crippen molar-refractivity contribution in [3.05, 3.63) is 82.1 Å². The van der Waals surface area contributed by atoms with Gasteiger partial charge in [-0.2, -0.15) is 0 Å². The standard InChI is InChI=1S/C22H20N2O2/c1-2-14-24(15-8-11-17-9-4-3-5-10-17)22(26)20-16-21(25)18-12-6-7-13-19(18)23-20/h3-7,9-10,12-13,16H,2,14-15H2,1H3,(H,23,25). The second-order valence-corrected chi connectivity index (χ2v) is 5.99. The summed E-state index contributed by atoms with van der Waals surface area (Å²) in [5, 5.41) is 0.579. The molecule has 0 aliphatic heterocycles. The van der Waals surface area contributed by atoms with Crippen LogP contribution >= 0.6 is 0 Å². The van der Waals surface area contributed by atoms with Gasteiger partial charge in [0.1, 0.15) is 5.69 Å². The summed E-state index contributed by atoms with van der Waals surface area (Å²) < 4.78 is 0. The predicted octanol–water partition coefficient (Wildman–Crippen LogP) is 3.43. The number of hydrogen-bond acceptors (Lipinski definition) is 2. The molecule has 0 unspecified atom stereocenters. The summed E-state index contributed by atoms with van der Waals surface area (Å²) in [6.45, 7) is 2.90. The summed E-state index contributed by atoms with van der Waals surface area (Å²) in [5.41, 5.74) is 1.71. The van der Waals surface area contributed by atoms with Crippen LogP contribution in [0.1, 0.15) is 29.4 Å². The molecule has 0 atom stereocenters. The molecule has 3 aromatic rings. The maximum absolute atomic E-state index is 12.9. The molecule has 3 rings (SSSR count). The number of carbonyl (C=O) groups excluding carboxylic acids is 1. The first kappa shape index (κ1) is 17.5. The van der Waals surface area contributed by atoms with Crippen LogP contribution < -0.4 is 5.43 Å². The fourth-order valence-electron chi connectivity index (χ4n) is 2.76. The van der Waals surface area contributed by atoms with Gasteiger partial charge in [0, 0.05) is 29.1 Å². The molecule has 1 aromatic heterocycles. The van der Waals surface area contributed by atoms with Gasteiger partial charge in [-0.1, -0.05) is 49.1 Å². The molecule has 130 valence electrons. The van der Waals surface area contributed by atoms with Crippen molar-refractivity contribution in [1.29, 1.82) is 0 Å². The van der Waals surface area contributed by atoms with E-state index in [9.17, 15) is 9.59 Å². The van der Waals surface area contributed by atoms with Gasteiger partial charge >= 0.3 is 0 Å². The quantitative estimate of drug-likeness (QED) is 0.737. The highest BCUT2D eigenvalue weighted by molar-refractivity contribution is 5.95. The number of nitrogens with one attached hydrogen (secondary N) is 1. The lowest BCUT2D eigenvalue weighted by Crippen LogP contribution is -2.33. The number of benzene rings is 2. The molecule has 26 heavy (non-hydrogen) atoms. The monoisotopic (exact) mass is 344 g/mol. The largest absolute Gasteiger partial charge is 0.350 e. The molecule has 0 spiro atoms. The maximum atomic E-state index is 12.9. The number of nitrogens with zero attached hydrogens (tertiary/aromatic N) is 1. The zero-order valence-corrected chi connectivity index (χ0v) is 14.7. The van der Waals surface area contributed by atoms with Gasteiger partial charge in [0.05, 0.1) is 6.54 Å². The third kappa shape index (κ3) is 4.01. The van der Waals surface area contributed by atoms with Crippen LogP contribution in [0.5, 0.6) is 0 Å². The number of aromatic nitrogens is 1. The average Bonchev–Trinajstić information content (AvgIpc) is 2.67. The SMILES string of the molecule is CCCN(CC#Cc1ccccc1)C(=O)c1cc(=O)c2ccccc2[nH]1. The summed E-state index contributed by atoms with van der Waals surface area (Å²) in [4.78, 5) is 29.9. The first-order chi connectivity index (χ1) is 12.7. The molecule has 1 amide bonds. The first-order valence-corrected chi connectivity index (χ1v) is 8.64. The smallest absolute Gasteiger partial charge is 0.271 e. The molecule has 0 fully saturated rings. The summed E-state index contributed by atoms with van der Waals surface area (Å²) in [7, 11) is 0. The van der Waals surface area contributed by atoms with Crippen molar-refractivity contribution in [2.75, 3.05) is 13.1 Å². The number of amides is 1. The molecule has 0 aliphatic carbocycles. The average molecular weight is 344 g/mol. The first-order valence-electron chi connectivity index (χ1n) is 8.64. The normalized spacial score (nSPS) is 10.2. The second-order valence-electron chi connectivity index (χ2n) is 5.99. The zero-order chi connectivity index (χ0) is 18.4. The maximum Gasteiger partial charge on any atom is 0.271 e. The van der Waals surface area contributed by atoms with Crippen LogP contribution in [0.25, 0.3) is 10.9 Å². The van der Waals surface area contributed by atoms with E-state index >= 15 is 0 Å². The Morgan fingerprint density at radius 1 is 1.08 bits per heavy atom. The van der Waals surface area contributed by atoms with Gasteiger partial charge in [-0.05, 0) is 30.7 Å². The van der Waals surface area contributed by atoms with Crippen molar-refractivity contribution in [3.63, 3.8) is 0 Å². The lowest BCUT2D eigenvalue weighted by atomic mass is 10.2. The van der Waals surface area contributed by atoms with E-state index in [0.29, 0.717) is 29.7 Å². The topological polar surface area (TPSA) is 53.2 Å². The Morgan fingerprint density at radius 3 is 2.58 bits per heavy atom. The third-order valence-electron chi connectivity index (χ3n) is 4.02. The zero-order valence-electron chi connectivity index (χ0n) is 14.7. The Labute approximate surface area is 152 Å². The summed E-state index contributed by atoms with van der Waals surface area (Å²) in [5.74, 6) is 5.91. The molecular formula is C22H20N2O2. The van der Waals surface area contributed by atoms with Gasteiger partial charge in [0.2, 0.25) is 0 Å². The number of H-pyrrole nitrogens is 1. The van der Waals surface area contributed by atoms with Crippen molar-refractivity contribution in [3.8, 4) is 11.8 Å². The number of para-hydroxylation sites is 1. The van der Waals surface area contributed by atoms with Crippen LogP contribution in [0.15, 0.2) is 65.5 Å². The van der Waals surface area contributed by atoms with Crippen LogP contribution in [0, 0.1) is 11.8 Å². The minimum Gasteiger partial charge on any atom is -0.350 e. The molecule has 1 N–H and O–H groups in total. The van der Waals surface area contributed by atoms with Gasteiger partial charge in [-0.3, -0.25) is 9.59 Å². The van der Waals surface area contributed by atoms with Crippen LogP contribution in [-0.2, 0) is 0 Å². The van der Waals surface area contributed by atoms with E-state index < -0.39 is 0 Å². The molecular weight excluding hydrogens is 324 g/mol. The van der Waals surface area contributed by atoms with Crippen LogP contribution in [0.4, 0.5) is 0 Å². The Bertz CT molecular complexity index is 1030. The minimum atomic E-state index is -0.211. The molecule has 2 aromatic carbocycles. The van der Waals surface area contributed by atoms with Crippen LogP contribution in [0.3, 0.4) is 0 Å². The Hall–Kier alpha value is -3.32. The van der Waals surface area contributed by atoms with Crippen LogP contribution in [0.2, 0.25) is 0 Å². The van der Waals surface area contributed by atoms with Crippen molar-refractivity contribution in [1.82, 2.24) is 9.88 Å². The number of carbonyl (C=O) groups is 1. The summed E-state index contributed by atoms with van der Waals surface area (Å²) >= 11 is 0. The van der Waals surface area contributed by atoms with E-state index in [1.54, 1.807) is 17.0 Å². The van der Waals surface area contributed by atoms with Crippen molar-refractivity contribution < 1.29 is 4.79 Å². The lowest BCUT2D eigenvalue weighted by Gasteiger charge is -2.19. The number of hydrogen-bond donors (Lipinski definition) is 1. The predicted molar refractivity (Wildman–Crippen MR) is 104 cm³/mol. The highest BCUT2D eigenvalue weighted by Gasteiger charge is 2.16. The number of rotatable bonds is 4. The minimum absolute atomic E-state index is 0.158. The van der Waals surface area contributed by atoms with Crippen molar-refractivity contribution in [2.24, 2.45) is 0 Å². The molecule has 0 saturated carbocycles. The molecule has 4 nitrogen and oxygen atoms in total. The Kier molecular flexibility index (Phi) is 5.50.